The molecule has 9 nitrogen and oxygen atoms in total. The monoisotopic (exact) mass is 380 g/mol. The Hall–Kier alpha value is -4.08. The Labute approximate surface area is 157 Å². The van der Waals surface area contributed by atoms with Crippen molar-refractivity contribution in [3.05, 3.63) is 66.8 Å². The van der Waals surface area contributed by atoms with Crippen LogP contribution < -0.4 is 14.8 Å². The van der Waals surface area contributed by atoms with E-state index >= 15 is 0 Å². The van der Waals surface area contributed by atoms with Gasteiger partial charge in [0.05, 0.1) is 37.5 Å². The first kappa shape index (κ1) is 17.3. The van der Waals surface area contributed by atoms with E-state index in [-0.39, 0.29) is 17.1 Å². The summed E-state index contributed by atoms with van der Waals surface area (Å²) in [6, 6.07) is 5.94. The minimum Gasteiger partial charge on any atom is -0.495 e. The molecule has 4 aromatic heterocycles. The number of anilines is 1. The highest BCUT2D eigenvalue weighted by atomic mass is 19.1. The van der Waals surface area contributed by atoms with Gasteiger partial charge in [0.1, 0.15) is 35.2 Å². The quantitative estimate of drug-likeness (QED) is 0.568. The minimum atomic E-state index is -0.536. The third-order valence-corrected chi connectivity index (χ3v) is 3.74. The molecule has 4 aromatic rings. The number of pyridine rings is 3. The van der Waals surface area contributed by atoms with E-state index < -0.39 is 11.7 Å². The molecule has 28 heavy (non-hydrogen) atoms. The van der Waals surface area contributed by atoms with E-state index in [0.29, 0.717) is 17.2 Å². The molecule has 0 fully saturated rings. The van der Waals surface area contributed by atoms with E-state index in [4.69, 9.17) is 9.47 Å². The van der Waals surface area contributed by atoms with Crippen LogP contribution in [0.4, 0.5) is 10.2 Å². The Morgan fingerprint density at radius 2 is 2.04 bits per heavy atom. The third-order valence-electron chi connectivity index (χ3n) is 3.74. The molecule has 0 saturated carbocycles. The lowest BCUT2D eigenvalue weighted by molar-refractivity contribution is 0.102. The van der Waals surface area contributed by atoms with Crippen molar-refractivity contribution in [3.8, 4) is 17.2 Å². The van der Waals surface area contributed by atoms with Crippen LogP contribution in [0.15, 0.2) is 55.4 Å². The number of aromatic nitrogens is 5. The summed E-state index contributed by atoms with van der Waals surface area (Å²) < 4.78 is 25.5. The van der Waals surface area contributed by atoms with Gasteiger partial charge in [-0.05, 0) is 18.2 Å². The highest BCUT2D eigenvalue weighted by Gasteiger charge is 2.16. The molecule has 0 bridgehead atoms. The van der Waals surface area contributed by atoms with Crippen molar-refractivity contribution in [2.75, 3.05) is 12.4 Å². The summed E-state index contributed by atoms with van der Waals surface area (Å²) in [4.78, 5) is 20.6. The molecule has 10 heteroatoms. The van der Waals surface area contributed by atoms with Crippen LogP contribution >= 0.6 is 0 Å². The third kappa shape index (κ3) is 3.56. The van der Waals surface area contributed by atoms with Gasteiger partial charge in [0.15, 0.2) is 5.65 Å². The van der Waals surface area contributed by atoms with Crippen LogP contribution in [0.2, 0.25) is 0 Å². The van der Waals surface area contributed by atoms with Crippen LogP contribution in [0.25, 0.3) is 5.65 Å². The van der Waals surface area contributed by atoms with Gasteiger partial charge in [0.25, 0.3) is 5.91 Å². The fourth-order valence-electron chi connectivity index (χ4n) is 2.48. The van der Waals surface area contributed by atoms with Gasteiger partial charge >= 0.3 is 0 Å². The molecule has 0 saturated heterocycles. The molecule has 0 unspecified atom stereocenters. The Morgan fingerprint density at radius 1 is 1.14 bits per heavy atom. The Kier molecular flexibility index (Phi) is 4.50. The predicted molar refractivity (Wildman–Crippen MR) is 96.0 cm³/mol. The van der Waals surface area contributed by atoms with Gasteiger partial charge in [-0.1, -0.05) is 0 Å². The summed E-state index contributed by atoms with van der Waals surface area (Å²) in [7, 11) is 1.52. The topological polar surface area (TPSA) is 104 Å². The smallest absolute Gasteiger partial charge is 0.260 e. The molecule has 1 amide bonds. The number of fused-ring (bicyclic) bond motifs is 1. The maximum Gasteiger partial charge on any atom is 0.260 e. The molecule has 1 N–H and O–H groups in total. The summed E-state index contributed by atoms with van der Waals surface area (Å²) in [5.41, 5.74) is 0.535. The van der Waals surface area contributed by atoms with Crippen molar-refractivity contribution >= 4 is 17.4 Å². The highest BCUT2D eigenvalue weighted by Crippen LogP contribution is 2.24. The van der Waals surface area contributed by atoms with Gasteiger partial charge < -0.3 is 14.8 Å². The van der Waals surface area contributed by atoms with Crippen LogP contribution in [0, 0.1) is 5.82 Å². The maximum atomic E-state index is 13.3. The van der Waals surface area contributed by atoms with Crippen molar-refractivity contribution in [1.82, 2.24) is 24.6 Å². The van der Waals surface area contributed by atoms with Crippen molar-refractivity contribution < 1.29 is 18.7 Å². The number of nitrogens with zero attached hydrogens (tertiary/aromatic N) is 5. The van der Waals surface area contributed by atoms with Crippen molar-refractivity contribution in [1.29, 1.82) is 0 Å². The zero-order chi connectivity index (χ0) is 19.5. The number of ether oxygens (including phenoxy) is 2. The van der Waals surface area contributed by atoms with Gasteiger partial charge in [0, 0.05) is 6.07 Å². The lowest BCUT2D eigenvalue weighted by atomic mass is 10.2. The molecular weight excluding hydrogens is 367 g/mol. The molecule has 0 aliphatic rings. The minimum absolute atomic E-state index is 0.190. The molecule has 0 aromatic carbocycles. The predicted octanol–water partition coefficient (Wildman–Crippen LogP) is 2.71. The SMILES string of the molecule is COc1ccc(NC(=O)c2cc(Oc3cncc(F)c3)cn3cnnc23)nc1. The number of halogens is 1. The number of methoxy groups -OCH3 is 1. The van der Waals surface area contributed by atoms with Gasteiger partial charge in [-0.15, -0.1) is 10.2 Å². The molecule has 0 atom stereocenters. The lowest BCUT2D eigenvalue weighted by Gasteiger charge is -2.10. The average molecular weight is 380 g/mol. The standard InChI is InChI=1S/C18H13FN6O3/c1-27-12-2-3-16(21-8-12)23-18(26)15-5-14(9-25-10-22-24-17(15)25)28-13-4-11(19)6-20-7-13/h2-10H,1H3,(H,21,23,26). The van der Waals surface area contributed by atoms with Gasteiger partial charge in [-0.3, -0.25) is 14.2 Å². The van der Waals surface area contributed by atoms with Crippen molar-refractivity contribution in [2.24, 2.45) is 0 Å². The molecular formula is C18H13FN6O3. The molecule has 0 aliphatic heterocycles. The van der Waals surface area contributed by atoms with E-state index in [1.54, 1.807) is 18.3 Å². The number of nitrogens with one attached hydrogen (secondary N) is 1. The molecule has 140 valence electrons. The van der Waals surface area contributed by atoms with Gasteiger partial charge in [0.2, 0.25) is 0 Å². The van der Waals surface area contributed by atoms with Crippen LogP contribution in [0.3, 0.4) is 0 Å². The summed E-state index contributed by atoms with van der Waals surface area (Å²) in [5, 5.41) is 10.4. The number of hydrogen-bond donors (Lipinski definition) is 1. The molecule has 0 radical (unpaired) electrons. The van der Waals surface area contributed by atoms with E-state index in [2.05, 4.69) is 25.5 Å². The Balaban J connectivity index is 1.65. The number of rotatable bonds is 5. The fraction of sp³-hybridized carbons (Fsp3) is 0.0556. The number of carbonyl (C=O) groups excluding carboxylic acids is 1. The first-order valence-electron chi connectivity index (χ1n) is 8.05. The number of carbonyl (C=O) groups is 1. The van der Waals surface area contributed by atoms with E-state index in [1.165, 1.54) is 42.4 Å². The zero-order valence-corrected chi connectivity index (χ0v) is 14.5. The molecule has 4 rings (SSSR count). The maximum absolute atomic E-state index is 13.3. The van der Waals surface area contributed by atoms with Crippen LogP contribution in [-0.4, -0.2) is 37.6 Å². The first-order chi connectivity index (χ1) is 13.6. The molecule has 0 aliphatic carbocycles. The van der Waals surface area contributed by atoms with Crippen molar-refractivity contribution in [2.45, 2.75) is 0 Å². The van der Waals surface area contributed by atoms with E-state index in [1.807, 2.05) is 0 Å². The van der Waals surface area contributed by atoms with Crippen LogP contribution in [0.1, 0.15) is 10.4 Å². The molecule has 4 heterocycles. The van der Waals surface area contributed by atoms with Gasteiger partial charge in [-0.2, -0.15) is 0 Å². The summed E-state index contributed by atoms with van der Waals surface area (Å²) in [5.74, 6) is 0.383. The number of hydrogen-bond acceptors (Lipinski definition) is 7. The summed E-state index contributed by atoms with van der Waals surface area (Å²) >= 11 is 0. The zero-order valence-electron chi connectivity index (χ0n) is 14.5. The van der Waals surface area contributed by atoms with Crippen molar-refractivity contribution in [3.63, 3.8) is 0 Å². The largest absolute Gasteiger partial charge is 0.495 e. The summed E-state index contributed by atoms with van der Waals surface area (Å²) in [6.45, 7) is 0. The Morgan fingerprint density at radius 3 is 2.79 bits per heavy atom. The fourth-order valence-corrected chi connectivity index (χ4v) is 2.48. The second kappa shape index (κ2) is 7.27. The van der Waals surface area contributed by atoms with Crippen LogP contribution in [0.5, 0.6) is 17.2 Å². The van der Waals surface area contributed by atoms with Crippen LogP contribution in [-0.2, 0) is 0 Å². The average Bonchev–Trinajstić information content (AvgIpc) is 3.16. The number of amides is 1. The second-order valence-corrected chi connectivity index (χ2v) is 5.63. The molecule has 0 spiro atoms. The van der Waals surface area contributed by atoms with Gasteiger partial charge in [-0.25, -0.2) is 9.37 Å². The first-order valence-corrected chi connectivity index (χ1v) is 8.05. The lowest BCUT2D eigenvalue weighted by Crippen LogP contribution is -2.14. The Bertz CT molecular complexity index is 1150. The highest BCUT2D eigenvalue weighted by molar-refractivity contribution is 6.08. The summed E-state index contributed by atoms with van der Waals surface area (Å²) in [6.07, 6.45) is 6.91. The normalized spacial score (nSPS) is 10.6. The second-order valence-electron chi connectivity index (χ2n) is 5.63. The van der Waals surface area contributed by atoms with E-state index in [0.717, 1.165) is 6.20 Å². The van der Waals surface area contributed by atoms with E-state index in [9.17, 15) is 9.18 Å².